The van der Waals surface area contributed by atoms with E-state index in [1.807, 2.05) is 6.92 Å². The Hall–Kier alpha value is 0.911. The van der Waals surface area contributed by atoms with E-state index in [4.69, 9.17) is 23.3 Å². The van der Waals surface area contributed by atoms with Gasteiger partial charge in [0.25, 0.3) is 0 Å². The fourth-order valence-corrected chi connectivity index (χ4v) is 15.6. The first-order chi connectivity index (χ1) is 8.93. The van der Waals surface area contributed by atoms with E-state index in [1.54, 1.807) is 7.11 Å². The van der Waals surface area contributed by atoms with Gasteiger partial charge in [-0.25, -0.2) is 0 Å². The molecule has 1 aliphatic rings. The van der Waals surface area contributed by atoms with Gasteiger partial charge in [0.1, 0.15) is 0 Å². The average Bonchev–Trinajstić information content (AvgIpc) is 2.76. The zero-order valence-electron chi connectivity index (χ0n) is 13.6. The van der Waals surface area contributed by atoms with Gasteiger partial charge < -0.3 is 0 Å². The summed E-state index contributed by atoms with van der Waals surface area (Å²) in [4.78, 5) is 3.57. The summed E-state index contributed by atoms with van der Waals surface area (Å²) >= 11 is -3.13. The molecular formula is C14H27Cl2NOSiTi. The molecule has 0 radical (unpaired) electrons. The number of hydrogen-bond acceptors (Lipinski definition) is 2. The monoisotopic (exact) mass is 371 g/mol. The minimum atomic E-state index is -3.13. The van der Waals surface area contributed by atoms with Gasteiger partial charge in [0, 0.05) is 0 Å². The van der Waals surface area contributed by atoms with E-state index in [2.05, 4.69) is 51.0 Å². The summed E-state index contributed by atoms with van der Waals surface area (Å²) in [7, 11) is 15.8. The van der Waals surface area contributed by atoms with Gasteiger partial charge in [-0.15, -0.1) is 0 Å². The van der Waals surface area contributed by atoms with Crippen molar-refractivity contribution in [3.05, 3.63) is 21.6 Å². The van der Waals surface area contributed by atoms with E-state index in [0.29, 0.717) is 0 Å². The van der Waals surface area contributed by atoms with E-state index in [9.17, 15) is 0 Å². The molecule has 0 aromatic rings. The molecule has 0 aliphatic heterocycles. The van der Waals surface area contributed by atoms with Crippen LogP contribution in [0, 0.1) is 5.41 Å². The first-order valence-electron chi connectivity index (χ1n) is 7.02. The molecule has 1 rings (SSSR count). The maximum atomic E-state index is 7.03. The third kappa shape index (κ3) is 4.01. The van der Waals surface area contributed by atoms with Gasteiger partial charge in [-0.05, 0) is 0 Å². The van der Waals surface area contributed by atoms with Gasteiger partial charge in [-0.1, -0.05) is 0 Å². The second kappa shape index (κ2) is 6.57. The molecule has 0 saturated heterocycles. The van der Waals surface area contributed by atoms with Crippen molar-refractivity contribution in [1.82, 2.24) is 4.98 Å². The van der Waals surface area contributed by atoms with Crippen LogP contribution in [0.1, 0.15) is 34.1 Å². The van der Waals surface area contributed by atoms with Gasteiger partial charge in [0.05, 0.1) is 0 Å². The molecule has 20 heavy (non-hydrogen) atoms. The van der Waals surface area contributed by atoms with E-state index < -0.39 is 19.8 Å². The Labute approximate surface area is 135 Å². The topological polar surface area (TPSA) is 21.3 Å². The van der Waals surface area contributed by atoms with E-state index in [-0.39, 0.29) is 11.6 Å². The van der Waals surface area contributed by atoms with Gasteiger partial charge in [0.2, 0.25) is 0 Å². The van der Waals surface area contributed by atoms with Crippen LogP contribution in [-0.4, -0.2) is 19.4 Å². The van der Waals surface area contributed by atoms with Crippen LogP contribution in [0.4, 0.5) is 0 Å². The average molecular weight is 372 g/mol. The van der Waals surface area contributed by atoms with Crippen molar-refractivity contribution in [2.75, 3.05) is 7.11 Å². The van der Waals surface area contributed by atoms with E-state index in [1.165, 1.54) is 9.45 Å². The number of halogens is 2. The van der Waals surface area contributed by atoms with E-state index in [0.717, 1.165) is 6.42 Å². The summed E-state index contributed by atoms with van der Waals surface area (Å²) in [6, 6.07) is 0. The van der Waals surface area contributed by atoms with Crippen molar-refractivity contribution in [1.29, 1.82) is 0 Å². The summed E-state index contributed by atoms with van der Waals surface area (Å²) in [5, 5.41) is 0. The number of methoxy groups -OCH3 is 1. The Morgan fingerprint density at radius 3 is 2.35 bits per heavy atom. The molecule has 0 saturated carbocycles. The first-order valence-corrected chi connectivity index (χ1v) is 17.4. The standard InChI is InChI=1S/C9H13.C5H14NOSi.2ClH.Ti/c1-9(2,3)8-6-4-5-7-8;1-5(7-2)6-8(3)4;;;/h4,6H,5H2,1-3H3;5-6H,1-4H3;2*1H;/q;;;;+2/p-2. The molecule has 1 N–H and O–H groups in total. The van der Waals surface area contributed by atoms with Gasteiger partial charge in [0.15, 0.2) is 0 Å². The summed E-state index contributed by atoms with van der Waals surface area (Å²) in [5.41, 5.74) is 1.44. The molecule has 0 amide bonds. The van der Waals surface area contributed by atoms with Crippen LogP contribution in [0.5, 0.6) is 0 Å². The normalized spacial score (nSPS) is 18.9. The second-order valence-corrected chi connectivity index (χ2v) is 30.3. The molecule has 116 valence electrons. The van der Waals surface area contributed by atoms with Crippen LogP contribution >= 0.6 is 18.6 Å². The first kappa shape index (κ1) is 19.0. The SMILES string of the molecule is COC(C)N[Si](C)(C)[Ti]([Cl])([Cl])[C]1=C(C(C)(C)C)C=CC1. The second-order valence-electron chi connectivity index (χ2n) is 6.97. The Bertz CT molecular complexity index is 427. The zero-order chi connectivity index (χ0) is 15.8. The minimum absolute atomic E-state index is 0.00721. The van der Waals surface area contributed by atoms with Crippen molar-refractivity contribution in [2.24, 2.45) is 5.41 Å². The Morgan fingerprint density at radius 2 is 1.90 bits per heavy atom. The summed E-state index contributed by atoms with van der Waals surface area (Å²) in [5.74, 6) is 0. The molecule has 0 bridgehead atoms. The van der Waals surface area contributed by atoms with Crippen LogP contribution in [0.15, 0.2) is 21.6 Å². The van der Waals surface area contributed by atoms with Crippen molar-refractivity contribution < 1.29 is 18.5 Å². The fourth-order valence-electron chi connectivity index (χ4n) is 2.54. The molecule has 1 atom stereocenters. The van der Waals surface area contributed by atoms with Gasteiger partial charge in [-0.3, -0.25) is 0 Å². The number of hydrogen-bond donors (Lipinski definition) is 1. The Kier molecular flexibility index (Phi) is 6.23. The maximum absolute atomic E-state index is 7.03. The third-order valence-electron chi connectivity index (χ3n) is 3.82. The molecule has 0 aromatic heterocycles. The number of ether oxygens (including phenoxy) is 1. The molecule has 0 spiro atoms. The van der Waals surface area contributed by atoms with Crippen LogP contribution in [0.2, 0.25) is 13.1 Å². The molecule has 1 aliphatic carbocycles. The molecule has 0 heterocycles. The Morgan fingerprint density at radius 1 is 1.35 bits per heavy atom. The zero-order valence-corrected chi connectivity index (χ0v) is 17.7. The van der Waals surface area contributed by atoms with Gasteiger partial charge in [-0.2, -0.15) is 0 Å². The van der Waals surface area contributed by atoms with Crippen molar-refractivity contribution in [3.8, 4) is 0 Å². The van der Waals surface area contributed by atoms with Gasteiger partial charge >= 0.3 is 136 Å². The third-order valence-corrected chi connectivity index (χ3v) is 31.3. The van der Waals surface area contributed by atoms with E-state index >= 15 is 0 Å². The summed E-state index contributed by atoms with van der Waals surface area (Å²) in [6.45, 7) is 13.1. The van der Waals surface area contributed by atoms with Crippen molar-refractivity contribution >= 4 is 24.7 Å². The molecular weight excluding hydrogens is 345 g/mol. The number of nitrogens with one attached hydrogen (secondary N) is 1. The molecule has 1 unspecified atom stereocenters. The number of rotatable bonds is 5. The molecule has 0 fully saturated rings. The quantitative estimate of drug-likeness (QED) is 0.542. The van der Waals surface area contributed by atoms with Crippen molar-refractivity contribution in [2.45, 2.75) is 53.4 Å². The Balaban J connectivity index is 3.16. The summed E-state index contributed by atoms with van der Waals surface area (Å²) in [6.07, 6.45) is 3.37. The molecule has 6 heteroatoms. The van der Waals surface area contributed by atoms with Crippen LogP contribution in [-0.2, 0) is 18.5 Å². The number of allylic oxidation sites excluding steroid dienone is 4. The molecule has 0 aromatic carbocycles. The summed E-state index contributed by atoms with van der Waals surface area (Å²) < 4.78 is 6.67. The van der Waals surface area contributed by atoms with Crippen molar-refractivity contribution in [3.63, 3.8) is 0 Å². The van der Waals surface area contributed by atoms with Crippen LogP contribution < -0.4 is 4.98 Å². The molecule has 2 nitrogen and oxygen atoms in total. The predicted molar refractivity (Wildman–Crippen MR) is 89.0 cm³/mol. The fraction of sp³-hybridized carbons (Fsp3) is 0.714. The van der Waals surface area contributed by atoms with Crippen LogP contribution in [0.25, 0.3) is 0 Å². The van der Waals surface area contributed by atoms with Crippen LogP contribution in [0.3, 0.4) is 0 Å². The predicted octanol–water partition coefficient (Wildman–Crippen LogP) is 4.99.